The number of hydrogen-bond donors (Lipinski definition) is 1. The zero-order valence-corrected chi connectivity index (χ0v) is 14.3. The van der Waals surface area contributed by atoms with Crippen molar-refractivity contribution in [3.8, 4) is 17.0 Å². The van der Waals surface area contributed by atoms with E-state index in [1.165, 1.54) is 24.6 Å². The molecule has 9 heteroatoms. The Balaban J connectivity index is 1.92. The Hall–Kier alpha value is -3.00. The van der Waals surface area contributed by atoms with E-state index < -0.39 is 18.7 Å². The minimum Gasteiger partial charge on any atom is -0.468 e. The summed E-state index contributed by atoms with van der Waals surface area (Å²) < 4.78 is 47.3. The molecule has 3 rings (SSSR count). The summed E-state index contributed by atoms with van der Waals surface area (Å²) in [5, 5.41) is 3.03. The van der Waals surface area contributed by atoms with E-state index in [0.717, 1.165) is 0 Å². The number of halogens is 4. The van der Waals surface area contributed by atoms with Gasteiger partial charge < -0.3 is 14.5 Å². The Kier molecular flexibility index (Phi) is 5.36. The van der Waals surface area contributed by atoms with Gasteiger partial charge in [0, 0.05) is 10.6 Å². The van der Waals surface area contributed by atoms with Crippen molar-refractivity contribution in [1.29, 1.82) is 0 Å². The summed E-state index contributed by atoms with van der Waals surface area (Å²) in [5.74, 6) is -0.654. The van der Waals surface area contributed by atoms with E-state index in [1.54, 1.807) is 30.3 Å². The van der Waals surface area contributed by atoms with Crippen LogP contribution >= 0.6 is 11.6 Å². The lowest BCUT2D eigenvalue weighted by molar-refractivity contribution is -0.154. The number of furan rings is 1. The Bertz CT molecular complexity index is 926. The molecule has 0 aliphatic carbocycles. The third-order valence-corrected chi connectivity index (χ3v) is 3.63. The fourth-order valence-electron chi connectivity index (χ4n) is 2.22. The average molecular weight is 397 g/mol. The maximum absolute atomic E-state index is 12.5. The van der Waals surface area contributed by atoms with Crippen molar-refractivity contribution in [1.82, 2.24) is 4.98 Å². The van der Waals surface area contributed by atoms with Crippen LogP contribution in [0.3, 0.4) is 0 Å². The predicted molar refractivity (Wildman–Crippen MR) is 92.9 cm³/mol. The summed E-state index contributed by atoms with van der Waals surface area (Å²) in [5.41, 5.74) is 1.06. The molecule has 1 N–H and O–H groups in total. The normalized spacial score (nSPS) is 11.3. The maximum Gasteiger partial charge on any atom is 0.422 e. The molecular weight excluding hydrogens is 385 g/mol. The van der Waals surface area contributed by atoms with Gasteiger partial charge in [-0.25, -0.2) is 4.98 Å². The molecule has 3 aromatic rings. The van der Waals surface area contributed by atoms with E-state index in [9.17, 15) is 18.0 Å². The number of carbonyl (C=O) groups is 1. The molecule has 0 unspecified atom stereocenters. The largest absolute Gasteiger partial charge is 0.468 e. The Labute approximate surface area is 156 Å². The molecule has 1 aromatic carbocycles. The zero-order chi connectivity index (χ0) is 19.4. The van der Waals surface area contributed by atoms with Gasteiger partial charge in [0.05, 0.1) is 18.1 Å². The van der Waals surface area contributed by atoms with Crippen LogP contribution in [0.25, 0.3) is 11.1 Å². The number of benzene rings is 1. The summed E-state index contributed by atoms with van der Waals surface area (Å²) in [6, 6.07) is 10.9. The molecule has 0 aliphatic heterocycles. The van der Waals surface area contributed by atoms with E-state index >= 15 is 0 Å². The van der Waals surface area contributed by atoms with Gasteiger partial charge in [-0.2, -0.15) is 13.2 Å². The number of amides is 1. The molecule has 0 aliphatic rings. The van der Waals surface area contributed by atoms with Crippen LogP contribution in [-0.4, -0.2) is 23.7 Å². The number of rotatable bonds is 5. The molecule has 2 aromatic heterocycles. The molecule has 0 saturated carbocycles. The van der Waals surface area contributed by atoms with Crippen LogP contribution in [0.4, 0.5) is 18.9 Å². The number of hydrogen-bond acceptors (Lipinski definition) is 4. The van der Waals surface area contributed by atoms with E-state index in [1.807, 2.05) is 0 Å². The fourth-order valence-corrected chi connectivity index (χ4v) is 2.35. The minimum atomic E-state index is -4.51. The Morgan fingerprint density at radius 3 is 2.59 bits per heavy atom. The highest BCUT2D eigenvalue weighted by atomic mass is 35.5. The first-order chi connectivity index (χ1) is 12.8. The lowest BCUT2D eigenvalue weighted by Gasteiger charge is -2.14. The van der Waals surface area contributed by atoms with Crippen molar-refractivity contribution in [3.63, 3.8) is 0 Å². The van der Waals surface area contributed by atoms with Gasteiger partial charge in [0.2, 0.25) is 5.88 Å². The highest BCUT2D eigenvalue weighted by Gasteiger charge is 2.29. The van der Waals surface area contributed by atoms with E-state index in [0.29, 0.717) is 10.6 Å². The summed E-state index contributed by atoms with van der Waals surface area (Å²) in [6.07, 6.45) is -1.96. The van der Waals surface area contributed by atoms with E-state index in [-0.39, 0.29) is 22.9 Å². The smallest absolute Gasteiger partial charge is 0.422 e. The number of nitrogens with one attached hydrogen (secondary N) is 1. The molecule has 0 fully saturated rings. The predicted octanol–water partition coefficient (Wildman–Crippen LogP) is 5.19. The maximum atomic E-state index is 12.5. The average Bonchev–Trinajstić information content (AvgIpc) is 3.15. The third-order valence-electron chi connectivity index (χ3n) is 3.38. The van der Waals surface area contributed by atoms with Crippen LogP contribution in [0.1, 0.15) is 10.6 Å². The molecule has 140 valence electrons. The van der Waals surface area contributed by atoms with Crippen molar-refractivity contribution in [2.75, 3.05) is 11.9 Å². The summed E-state index contributed by atoms with van der Waals surface area (Å²) in [4.78, 5) is 16.0. The molecule has 0 radical (unpaired) electrons. The van der Waals surface area contributed by atoms with Crippen LogP contribution < -0.4 is 10.1 Å². The number of anilines is 1. The lowest BCUT2D eigenvalue weighted by atomic mass is 10.1. The quantitative estimate of drug-likeness (QED) is 0.644. The van der Waals surface area contributed by atoms with Gasteiger partial charge in [-0.15, -0.1) is 0 Å². The summed E-state index contributed by atoms with van der Waals surface area (Å²) >= 11 is 5.85. The van der Waals surface area contributed by atoms with Crippen LogP contribution in [0.15, 0.2) is 59.3 Å². The van der Waals surface area contributed by atoms with Crippen molar-refractivity contribution in [2.45, 2.75) is 6.18 Å². The minimum absolute atomic E-state index is 0.0837. The first-order valence-corrected chi connectivity index (χ1v) is 8.00. The van der Waals surface area contributed by atoms with Crippen molar-refractivity contribution in [2.24, 2.45) is 0 Å². The highest BCUT2D eigenvalue weighted by Crippen LogP contribution is 2.32. The molecule has 0 atom stereocenters. The molecule has 0 saturated heterocycles. The van der Waals surface area contributed by atoms with Crippen LogP contribution in [0.2, 0.25) is 5.02 Å². The van der Waals surface area contributed by atoms with Gasteiger partial charge in [-0.05, 0) is 35.9 Å². The van der Waals surface area contributed by atoms with Gasteiger partial charge in [0.15, 0.2) is 12.4 Å². The molecule has 0 spiro atoms. The number of aromatic nitrogens is 1. The zero-order valence-electron chi connectivity index (χ0n) is 13.6. The summed E-state index contributed by atoms with van der Waals surface area (Å²) in [6.45, 7) is -1.49. The van der Waals surface area contributed by atoms with Gasteiger partial charge in [0.25, 0.3) is 5.91 Å². The molecule has 1 amide bonds. The first kappa shape index (κ1) is 18.8. The highest BCUT2D eigenvalue weighted by molar-refractivity contribution is 6.30. The molecular formula is C18H12ClF3N2O3. The third kappa shape index (κ3) is 5.01. The number of pyridine rings is 1. The lowest BCUT2D eigenvalue weighted by Crippen LogP contribution is -2.20. The second-order valence-electron chi connectivity index (χ2n) is 5.42. The SMILES string of the molecule is O=C(Nc1cnc(OCC(F)(F)F)c(-c2ccc(Cl)cc2)c1)c1ccco1. The second-order valence-corrected chi connectivity index (χ2v) is 5.86. The molecule has 27 heavy (non-hydrogen) atoms. The van der Waals surface area contributed by atoms with Gasteiger partial charge >= 0.3 is 6.18 Å². The molecule has 0 bridgehead atoms. The number of carbonyl (C=O) groups excluding carboxylic acids is 1. The van der Waals surface area contributed by atoms with Crippen LogP contribution in [0, 0.1) is 0 Å². The van der Waals surface area contributed by atoms with E-state index in [4.69, 9.17) is 20.8 Å². The van der Waals surface area contributed by atoms with Crippen molar-refractivity contribution in [3.05, 3.63) is 65.7 Å². The molecule has 5 nitrogen and oxygen atoms in total. The standard InChI is InChI=1S/C18H12ClF3N2O3/c19-12-5-3-11(4-6-12)14-8-13(24-16(25)15-2-1-7-26-15)9-23-17(14)27-10-18(20,21)22/h1-9H,10H2,(H,24,25). The fraction of sp³-hybridized carbons (Fsp3) is 0.111. The van der Waals surface area contributed by atoms with Crippen LogP contribution in [0.5, 0.6) is 5.88 Å². The van der Waals surface area contributed by atoms with Crippen molar-refractivity contribution < 1.29 is 27.1 Å². The number of nitrogens with zero attached hydrogens (tertiary/aromatic N) is 1. The Morgan fingerprint density at radius 1 is 1.22 bits per heavy atom. The summed E-state index contributed by atoms with van der Waals surface area (Å²) in [7, 11) is 0. The van der Waals surface area contributed by atoms with Gasteiger partial charge in [-0.1, -0.05) is 23.7 Å². The monoisotopic (exact) mass is 396 g/mol. The number of alkyl halides is 3. The van der Waals surface area contributed by atoms with Crippen LogP contribution in [-0.2, 0) is 0 Å². The number of ether oxygens (including phenoxy) is 1. The second kappa shape index (κ2) is 7.71. The van der Waals surface area contributed by atoms with E-state index in [2.05, 4.69) is 10.3 Å². The topological polar surface area (TPSA) is 64.4 Å². The molecule has 2 heterocycles. The van der Waals surface area contributed by atoms with Gasteiger partial charge in [0.1, 0.15) is 0 Å². The van der Waals surface area contributed by atoms with Crippen molar-refractivity contribution >= 4 is 23.2 Å². The van der Waals surface area contributed by atoms with Gasteiger partial charge in [-0.3, -0.25) is 4.79 Å². The Morgan fingerprint density at radius 2 is 1.96 bits per heavy atom. The first-order valence-electron chi connectivity index (χ1n) is 7.62.